The van der Waals surface area contributed by atoms with Gasteiger partial charge in [0.1, 0.15) is 5.03 Å². The number of hydrogen-bond donors (Lipinski definition) is 0. The number of aromatic nitrogens is 2. The number of ether oxygens (including phenoxy) is 2. The minimum absolute atomic E-state index is 0.226. The van der Waals surface area contributed by atoms with E-state index in [9.17, 15) is 8.78 Å². The van der Waals surface area contributed by atoms with Gasteiger partial charge < -0.3 is 9.47 Å². The summed E-state index contributed by atoms with van der Waals surface area (Å²) in [5.74, 6) is 0.199. The van der Waals surface area contributed by atoms with Crippen molar-refractivity contribution in [3.8, 4) is 22.8 Å². The third kappa shape index (κ3) is 3.41. The van der Waals surface area contributed by atoms with Gasteiger partial charge in [0.2, 0.25) is 6.79 Å². The van der Waals surface area contributed by atoms with Crippen molar-refractivity contribution in [3.05, 3.63) is 65.7 Å². The summed E-state index contributed by atoms with van der Waals surface area (Å²) in [5.41, 5.74) is 2.29. The fraction of sp³-hybridized carbons (Fsp3) is 0.111. The molecule has 0 amide bonds. The Morgan fingerprint density at radius 1 is 0.880 bits per heavy atom. The minimum Gasteiger partial charge on any atom is -0.454 e. The highest BCUT2D eigenvalue weighted by Crippen LogP contribution is 2.35. The molecule has 0 saturated carbocycles. The molecule has 0 atom stereocenters. The van der Waals surface area contributed by atoms with Crippen LogP contribution in [0.1, 0.15) is 5.56 Å². The van der Waals surface area contributed by atoms with Crippen LogP contribution in [0.4, 0.5) is 8.78 Å². The summed E-state index contributed by atoms with van der Waals surface area (Å²) in [4.78, 5) is 0. The molecule has 1 aromatic heterocycles. The van der Waals surface area contributed by atoms with Crippen LogP contribution in [0.15, 0.2) is 53.6 Å². The summed E-state index contributed by atoms with van der Waals surface area (Å²) >= 11 is 1.40. The van der Waals surface area contributed by atoms with Crippen molar-refractivity contribution in [1.82, 2.24) is 10.2 Å². The van der Waals surface area contributed by atoms with Crippen molar-refractivity contribution in [2.75, 3.05) is 6.79 Å². The van der Waals surface area contributed by atoms with Crippen molar-refractivity contribution in [2.24, 2.45) is 0 Å². The molecule has 0 bridgehead atoms. The average molecular weight is 358 g/mol. The van der Waals surface area contributed by atoms with Crippen LogP contribution in [-0.4, -0.2) is 17.0 Å². The van der Waals surface area contributed by atoms with Gasteiger partial charge in [-0.2, -0.15) is 0 Å². The lowest BCUT2D eigenvalue weighted by Gasteiger charge is -2.04. The zero-order valence-corrected chi connectivity index (χ0v) is 13.7. The van der Waals surface area contributed by atoms with Crippen LogP contribution < -0.4 is 9.47 Å². The average Bonchev–Trinajstić information content (AvgIpc) is 3.11. The fourth-order valence-corrected chi connectivity index (χ4v) is 3.15. The number of hydrogen-bond acceptors (Lipinski definition) is 5. The van der Waals surface area contributed by atoms with E-state index in [1.165, 1.54) is 17.8 Å². The molecule has 0 spiro atoms. The quantitative estimate of drug-likeness (QED) is 0.645. The van der Waals surface area contributed by atoms with Gasteiger partial charge >= 0.3 is 0 Å². The van der Waals surface area contributed by atoms with Crippen LogP contribution in [0.25, 0.3) is 11.3 Å². The van der Waals surface area contributed by atoms with Crippen molar-refractivity contribution >= 4 is 11.8 Å². The van der Waals surface area contributed by atoms with Gasteiger partial charge in [0.25, 0.3) is 0 Å². The van der Waals surface area contributed by atoms with Gasteiger partial charge in [-0.15, -0.1) is 10.2 Å². The van der Waals surface area contributed by atoms with Crippen LogP contribution in [0.2, 0.25) is 0 Å². The second-order valence-electron chi connectivity index (χ2n) is 5.36. The molecule has 0 saturated heterocycles. The Bertz CT molecular complexity index is 919. The number of halogens is 2. The van der Waals surface area contributed by atoms with E-state index in [1.54, 1.807) is 6.07 Å². The maximum atomic E-state index is 13.2. The van der Waals surface area contributed by atoms with Crippen molar-refractivity contribution < 1.29 is 18.3 Å². The van der Waals surface area contributed by atoms with Crippen LogP contribution in [0.3, 0.4) is 0 Å². The first-order valence-electron chi connectivity index (χ1n) is 7.49. The number of nitrogens with zero attached hydrogens (tertiary/aromatic N) is 2. The largest absolute Gasteiger partial charge is 0.454 e. The predicted molar refractivity (Wildman–Crippen MR) is 89.5 cm³/mol. The lowest BCUT2D eigenvalue weighted by Crippen LogP contribution is -1.93. The Balaban J connectivity index is 1.45. The molecule has 0 N–H and O–H groups in total. The molecule has 0 radical (unpaired) electrons. The Hall–Kier alpha value is -2.67. The molecule has 7 heteroatoms. The van der Waals surface area contributed by atoms with Crippen LogP contribution in [0.5, 0.6) is 11.5 Å². The Labute approximate surface area is 146 Å². The summed E-state index contributed by atoms with van der Waals surface area (Å²) in [5, 5.41) is 9.10. The summed E-state index contributed by atoms with van der Waals surface area (Å²) in [6, 6.07) is 13.2. The first-order valence-corrected chi connectivity index (χ1v) is 8.48. The Kier molecular flexibility index (Phi) is 4.23. The normalized spacial score (nSPS) is 12.4. The first-order chi connectivity index (χ1) is 12.2. The summed E-state index contributed by atoms with van der Waals surface area (Å²) in [6.07, 6.45) is 0. The van der Waals surface area contributed by atoms with Gasteiger partial charge in [-0.25, -0.2) is 8.78 Å². The van der Waals surface area contributed by atoms with E-state index >= 15 is 0 Å². The van der Waals surface area contributed by atoms with Gasteiger partial charge in [-0.05, 0) is 48.0 Å². The fourth-order valence-electron chi connectivity index (χ4n) is 2.39. The number of rotatable bonds is 4. The molecule has 0 aliphatic carbocycles. The Morgan fingerprint density at radius 2 is 1.76 bits per heavy atom. The predicted octanol–water partition coefficient (Wildman–Crippen LogP) is 4.44. The molecule has 126 valence electrons. The van der Waals surface area contributed by atoms with Crippen molar-refractivity contribution in [2.45, 2.75) is 10.8 Å². The highest BCUT2D eigenvalue weighted by atomic mass is 32.2. The van der Waals surface area contributed by atoms with Crippen molar-refractivity contribution in [1.29, 1.82) is 0 Å². The molecule has 1 aliphatic rings. The number of benzene rings is 2. The van der Waals surface area contributed by atoms with Gasteiger partial charge in [-0.1, -0.05) is 17.8 Å². The maximum absolute atomic E-state index is 13.2. The maximum Gasteiger partial charge on any atom is 0.231 e. The number of fused-ring (bicyclic) bond motifs is 1. The topological polar surface area (TPSA) is 44.2 Å². The molecule has 2 heterocycles. The first kappa shape index (κ1) is 15.8. The molecule has 1 aliphatic heterocycles. The van der Waals surface area contributed by atoms with Crippen molar-refractivity contribution in [3.63, 3.8) is 0 Å². The zero-order chi connectivity index (χ0) is 17.2. The molecule has 3 aromatic rings. The molecular formula is C18H12F2N2O2S. The van der Waals surface area contributed by atoms with Crippen LogP contribution in [0, 0.1) is 11.6 Å². The van der Waals surface area contributed by atoms with E-state index in [-0.39, 0.29) is 6.79 Å². The van der Waals surface area contributed by atoms with Crippen LogP contribution in [-0.2, 0) is 5.75 Å². The standard InChI is InChI=1S/C18H12F2N2O2S/c19-13-3-1-11(7-14(13)20)9-25-18-6-4-15(21-22-18)12-2-5-16-17(8-12)24-10-23-16/h1-8H,9-10H2. The molecule has 4 nitrogen and oxygen atoms in total. The second-order valence-corrected chi connectivity index (χ2v) is 6.36. The van der Waals surface area contributed by atoms with E-state index < -0.39 is 11.6 Å². The van der Waals surface area contributed by atoms with E-state index in [2.05, 4.69) is 10.2 Å². The zero-order valence-electron chi connectivity index (χ0n) is 12.9. The second kappa shape index (κ2) is 6.68. The highest BCUT2D eigenvalue weighted by molar-refractivity contribution is 7.98. The number of thioether (sulfide) groups is 1. The van der Waals surface area contributed by atoms with Gasteiger partial charge in [0.15, 0.2) is 23.1 Å². The van der Waals surface area contributed by atoms with E-state index in [4.69, 9.17) is 9.47 Å². The van der Waals surface area contributed by atoms with E-state index in [0.717, 1.165) is 23.1 Å². The van der Waals surface area contributed by atoms with Gasteiger partial charge in [-0.3, -0.25) is 0 Å². The Morgan fingerprint density at radius 3 is 2.56 bits per heavy atom. The minimum atomic E-state index is -0.846. The molecule has 4 rings (SSSR count). The van der Waals surface area contributed by atoms with E-state index in [0.29, 0.717) is 22.1 Å². The third-order valence-electron chi connectivity index (χ3n) is 3.68. The SMILES string of the molecule is Fc1ccc(CSc2ccc(-c3ccc4c(c3)OCO4)nn2)cc1F. The van der Waals surface area contributed by atoms with Gasteiger partial charge in [0, 0.05) is 11.3 Å². The lowest BCUT2D eigenvalue weighted by atomic mass is 10.1. The summed E-state index contributed by atoms with van der Waals surface area (Å²) in [7, 11) is 0. The molecule has 0 unspecified atom stereocenters. The lowest BCUT2D eigenvalue weighted by molar-refractivity contribution is 0.174. The molecule has 0 fully saturated rings. The van der Waals surface area contributed by atoms with E-state index in [1.807, 2.05) is 30.3 Å². The molecule has 25 heavy (non-hydrogen) atoms. The molecular weight excluding hydrogens is 346 g/mol. The van der Waals surface area contributed by atoms with Crippen LogP contribution >= 0.6 is 11.8 Å². The summed E-state index contributed by atoms with van der Waals surface area (Å²) < 4.78 is 36.8. The highest BCUT2D eigenvalue weighted by Gasteiger charge is 2.14. The smallest absolute Gasteiger partial charge is 0.231 e. The van der Waals surface area contributed by atoms with Gasteiger partial charge in [0.05, 0.1) is 5.69 Å². The monoisotopic (exact) mass is 358 g/mol. The third-order valence-corrected chi connectivity index (χ3v) is 4.67. The molecule has 2 aromatic carbocycles. The summed E-state index contributed by atoms with van der Waals surface area (Å²) in [6.45, 7) is 0.226.